The minimum atomic E-state index is -3.74. The van der Waals surface area contributed by atoms with Gasteiger partial charge in [0.15, 0.2) is 6.61 Å². The van der Waals surface area contributed by atoms with Crippen molar-refractivity contribution in [3.8, 4) is 0 Å². The third-order valence-corrected chi connectivity index (χ3v) is 7.68. The molecule has 0 bridgehead atoms. The number of esters is 1. The van der Waals surface area contributed by atoms with Crippen molar-refractivity contribution in [2.75, 3.05) is 31.1 Å². The van der Waals surface area contributed by atoms with Crippen molar-refractivity contribution >= 4 is 27.6 Å². The molecule has 0 unspecified atom stereocenters. The van der Waals surface area contributed by atoms with E-state index in [2.05, 4.69) is 0 Å². The van der Waals surface area contributed by atoms with E-state index in [1.807, 2.05) is 24.3 Å². The van der Waals surface area contributed by atoms with Gasteiger partial charge in [0.1, 0.15) is 5.82 Å². The lowest BCUT2D eigenvalue weighted by molar-refractivity contribution is -0.153. The fraction of sp³-hybridized carbons (Fsp3) is 0.364. The molecular formula is C22H23FN2O5S. The number of ether oxygens (including phenoxy) is 1. The highest BCUT2D eigenvalue weighted by atomic mass is 32.2. The van der Waals surface area contributed by atoms with Gasteiger partial charge in [-0.05, 0) is 55.2 Å². The summed E-state index contributed by atoms with van der Waals surface area (Å²) in [5.41, 5.74) is 1.94. The van der Waals surface area contributed by atoms with Gasteiger partial charge < -0.3 is 9.64 Å². The van der Waals surface area contributed by atoms with E-state index < -0.39 is 27.7 Å². The van der Waals surface area contributed by atoms with Crippen molar-refractivity contribution in [3.63, 3.8) is 0 Å². The molecule has 7 nitrogen and oxygen atoms in total. The Morgan fingerprint density at radius 3 is 2.39 bits per heavy atom. The molecule has 2 aromatic rings. The first-order valence-electron chi connectivity index (χ1n) is 10.2. The normalized spacial score (nSPS) is 17.4. The molecule has 0 aromatic heterocycles. The maximum Gasteiger partial charge on any atom is 0.309 e. The second-order valence-electron chi connectivity index (χ2n) is 7.66. The molecule has 31 heavy (non-hydrogen) atoms. The Labute approximate surface area is 180 Å². The molecule has 0 aliphatic carbocycles. The van der Waals surface area contributed by atoms with Crippen LogP contribution < -0.4 is 4.90 Å². The molecule has 1 saturated heterocycles. The monoisotopic (exact) mass is 446 g/mol. The van der Waals surface area contributed by atoms with Gasteiger partial charge in [-0.15, -0.1) is 0 Å². The second kappa shape index (κ2) is 8.76. The second-order valence-corrected chi connectivity index (χ2v) is 9.60. The molecule has 0 N–H and O–H groups in total. The summed E-state index contributed by atoms with van der Waals surface area (Å²) in [4.78, 5) is 26.6. The number of hydrogen-bond donors (Lipinski definition) is 0. The van der Waals surface area contributed by atoms with Crippen molar-refractivity contribution in [2.45, 2.75) is 24.2 Å². The van der Waals surface area contributed by atoms with Crippen LogP contribution in [0, 0.1) is 11.7 Å². The van der Waals surface area contributed by atoms with Crippen LogP contribution in [0.2, 0.25) is 0 Å². The predicted octanol–water partition coefficient (Wildman–Crippen LogP) is 2.36. The van der Waals surface area contributed by atoms with Crippen LogP contribution in [0.3, 0.4) is 0 Å². The number of benzene rings is 2. The molecule has 4 rings (SSSR count). The number of amides is 1. The number of rotatable bonds is 5. The predicted molar refractivity (Wildman–Crippen MR) is 111 cm³/mol. The SMILES string of the molecule is O=C(OCC(=O)N1CCc2ccccc21)C1CCN(S(=O)(=O)c2ccc(F)cc2)CC1. The molecule has 0 spiro atoms. The Balaban J connectivity index is 1.29. The number of fused-ring (bicyclic) bond motifs is 1. The van der Waals surface area contributed by atoms with Gasteiger partial charge in [0, 0.05) is 25.3 Å². The largest absolute Gasteiger partial charge is 0.455 e. The van der Waals surface area contributed by atoms with Crippen LogP contribution in [0.1, 0.15) is 18.4 Å². The number of sulfonamides is 1. The molecule has 1 fully saturated rings. The quantitative estimate of drug-likeness (QED) is 0.659. The van der Waals surface area contributed by atoms with Crippen molar-refractivity contribution < 1.29 is 27.1 Å². The van der Waals surface area contributed by atoms with E-state index in [1.54, 1.807) is 4.90 Å². The van der Waals surface area contributed by atoms with Crippen LogP contribution in [-0.2, 0) is 30.8 Å². The maximum atomic E-state index is 13.1. The molecule has 9 heteroatoms. The van der Waals surface area contributed by atoms with Crippen LogP contribution in [0.4, 0.5) is 10.1 Å². The third-order valence-electron chi connectivity index (χ3n) is 5.76. The number of anilines is 1. The minimum Gasteiger partial charge on any atom is -0.455 e. The molecule has 2 heterocycles. The van der Waals surface area contributed by atoms with E-state index in [0.29, 0.717) is 19.4 Å². The van der Waals surface area contributed by atoms with E-state index >= 15 is 0 Å². The van der Waals surface area contributed by atoms with Gasteiger partial charge in [0.25, 0.3) is 5.91 Å². The molecule has 0 atom stereocenters. The van der Waals surface area contributed by atoms with E-state index in [-0.39, 0.29) is 30.5 Å². The summed E-state index contributed by atoms with van der Waals surface area (Å²) < 4.78 is 45.0. The lowest BCUT2D eigenvalue weighted by Crippen LogP contribution is -2.41. The average molecular weight is 447 g/mol. The molecule has 0 saturated carbocycles. The number of halogens is 1. The van der Waals surface area contributed by atoms with Gasteiger partial charge >= 0.3 is 5.97 Å². The summed E-state index contributed by atoms with van der Waals surface area (Å²) in [5, 5.41) is 0. The maximum absolute atomic E-state index is 13.1. The van der Waals surface area contributed by atoms with E-state index in [0.717, 1.165) is 29.8 Å². The summed E-state index contributed by atoms with van der Waals surface area (Å²) in [6.07, 6.45) is 1.39. The molecule has 2 aliphatic heterocycles. The van der Waals surface area contributed by atoms with Gasteiger partial charge in [-0.3, -0.25) is 9.59 Å². The number of carbonyl (C=O) groups is 2. The fourth-order valence-electron chi connectivity index (χ4n) is 4.01. The van der Waals surface area contributed by atoms with Gasteiger partial charge in [-0.25, -0.2) is 12.8 Å². The highest BCUT2D eigenvalue weighted by molar-refractivity contribution is 7.89. The Bertz CT molecular complexity index is 1080. The number of nitrogens with zero attached hydrogens (tertiary/aromatic N) is 2. The lowest BCUT2D eigenvalue weighted by Gasteiger charge is -2.30. The number of hydrogen-bond acceptors (Lipinski definition) is 5. The van der Waals surface area contributed by atoms with Crippen molar-refractivity contribution in [2.24, 2.45) is 5.92 Å². The smallest absolute Gasteiger partial charge is 0.309 e. The average Bonchev–Trinajstić information content (AvgIpc) is 3.22. The van der Waals surface area contributed by atoms with E-state index in [9.17, 15) is 22.4 Å². The molecule has 164 valence electrons. The minimum absolute atomic E-state index is 0.0198. The van der Waals surface area contributed by atoms with Gasteiger partial charge in [-0.2, -0.15) is 4.31 Å². The fourth-order valence-corrected chi connectivity index (χ4v) is 5.48. The van der Waals surface area contributed by atoms with Crippen LogP contribution in [0.15, 0.2) is 53.4 Å². The first kappa shape index (κ1) is 21.5. The lowest BCUT2D eigenvalue weighted by atomic mass is 9.98. The van der Waals surface area contributed by atoms with Gasteiger partial charge in [0.05, 0.1) is 10.8 Å². The first-order valence-corrected chi connectivity index (χ1v) is 11.6. The van der Waals surface area contributed by atoms with Crippen LogP contribution in [0.5, 0.6) is 0 Å². The van der Waals surface area contributed by atoms with Crippen LogP contribution in [-0.4, -0.2) is 50.8 Å². The van der Waals surface area contributed by atoms with E-state index in [1.165, 1.54) is 16.4 Å². The summed E-state index contributed by atoms with van der Waals surface area (Å²) in [6.45, 7) is 0.552. The molecule has 2 aliphatic rings. The zero-order chi connectivity index (χ0) is 22.0. The van der Waals surface area contributed by atoms with Crippen molar-refractivity contribution in [1.82, 2.24) is 4.31 Å². The number of carbonyl (C=O) groups excluding carboxylic acids is 2. The number of para-hydroxylation sites is 1. The zero-order valence-electron chi connectivity index (χ0n) is 16.9. The zero-order valence-corrected chi connectivity index (χ0v) is 17.7. The number of piperidine rings is 1. The van der Waals surface area contributed by atoms with Gasteiger partial charge in [0.2, 0.25) is 10.0 Å². The molecule has 0 radical (unpaired) electrons. The first-order chi connectivity index (χ1) is 14.9. The Morgan fingerprint density at radius 1 is 1.00 bits per heavy atom. The van der Waals surface area contributed by atoms with Crippen molar-refractivity contribution in [1.29, 1.82) is 0 Å². The third kappa shape index (κ3) is 4.47. The summed E-state index contributed by atoms with van der Waals surface area (Å²) in [5.74, 6) is -1.72. The summed E-state index contributed by atoms with van der Waals surface area (Å²) >= 11 is 0. The van der Waals surface area contributed by atoms with Crippen LogP contribution in [0.25, 0.3) is 0 Å². The van der Waals surface area contributed by atoms with Gasteiger partial charge in [-0.1, -0.05) is 18.2 Å². The molecule has 2 aromatic carbocycles. The highest BCUT2D eigenvalue weighted by Gasteiger charge is 2.33. The Hall–Kier alpha value is -2.78. The Morgan fingerprint density at radius 2 is 1.68 bits per heavy atom. The summed E-state index contributed by atoms with van der Waals surface area (Å²) in [6, 6.07) is 12.3. The molecule has 1 amide bonds. The highest BCUT2D eigenvalue weighted by Crippen LogP contribution is 2.28. The Kier molecular flexibility index (Phi) is 6.06. The standard InChI is InChI=1S/C22H23FN2O5S/c23-18-5-7-19(8-6-18)31(28,29)24-12-9-17(10-13-24)22(27)30-15-21(26)25-14-11-16-3-1-2-4-20(16)25/h1-8,17H,9-15H2. The summed E-state index contributed by atoms with van der Waals surface area (Å²) in [7, 11) is -3.74. The molecular weight excluding hydrogens is 423 g/mol. The van der Waals surface area contributed by atoms with E-state index in [4.69, 9.17) is 4.74 Å². The topological polar surface area (TPSA) is 84.0 Å². The van der Waals surface area contributed by atoms with Crippen LogP contribution >= 0.6 is 0 Å². The van der Waals surface area contributed by atoms with Crippen molar-refractivity contribution in [3.05, 3.63) is 59.9 Å².